The van der Waals surface area contributed by atoms with Crippen molar-refractivity contribution in [1.82, 2.24) is 10.6 Å². The molecule has 1 fully saturated rings. The zero-order chi connectivity index (χ0) is 16.1. The van der Waals surface area contributed by atoms with Gasteiger partial charge in [-0.2, -0.15) is 0 Å². The molecule has 0 radical (unpaired) electrons. The van der Waals surface area contributed by atoms with Crippen LogP contribution in [0.15, 0.2) is 54.6 Å². The zero-order valence-electron chi connectivity index (χ0n) is 13.7. The van der Waals surface area contributed by atoms with Crippen molar-refractivity contribution in [2.24, 2.45) is 0 Å². The molecule has 0 aromatic heterocycles. The molecule has 0 spiro atoms. The van der Waals surface area contributed by atoms with Gasteiger partial charge in [0, 0.05) is 17.6 Å². The Labute approximate surface area is 144 Å². The first-order chi connectivity index (χ1) is 11.3. The van der Waals surface area contributed by atoms with E-state index in [1.165, 1.54) is 30.4 Å². The molecule has 23 heavy (non-hydrogen) atoms. The number of likely N-dealkylation sites (N-methyl/N-ethyl adjacent to an activating group) is 1. The number of nitrogens with one attached hydrogen (secondary N) is 2. The number of rotatable bonds is 5. The highest BCUT2D eigenvalue weighted by Gasteiger charge is 2.41. The lowest BCUT2D eigenvalue weighted by Crippen LogP contribution is -2.57. The van der Waals surface area contributed by atoms with Gasteiger partial charge in [-0.25, -0.2) is 0 Å². The lowest BCUT2D eigenvalue weighted by atomic mass is 9.72. The fourth-order valence-corrected chi connectivity index (χ4v) is 4.17. The molecule has 3 heteroatoms. The van der Waals surface area contributed by atoms with Gasteiger partial charge >= 0.3 is 0 Å². The second kappa shape index (κ2) is 7.48. The fraction of sp³-hybridized carbons (Fsp3) is 0.400. The topological polar surface area (TPSA) is 24.1 Å². The molecule has 0 saturated heterocycles. The van der Waals surface area contributed by atoms with Gasteiger partial charge in [0.15, 0.2) is 0 Å². The van der Waals surface area contributed by atoms with Crippen LogP contribution in [0.5, 0.6) is 0 Å². The van der Waals surface area contributed by atoms with Crippen molar-refractivity contribution < 1.29 is 0 Å². The maximum absolute atomic E-state index is 6.54. The Balaban J connectivity index is 1.85. The molecule has 1 aliphatic carbocycles. The largest absolute Gasteiger partial charge is 0.309 e. The first-order valence-corrected chi connectivity index (χ1v) is 8.85. The van der Waals surface area contributed by atoms with E-state index in [2.05, 4.69) is 60.1 Å². The summed E-state index contributed by atoms with van der Waals surface area (Å²) in [6.45, 7) is 0.888. The molecule has 2 N–H and O–H groups in total. The van der Waals surface area contributed by atoms with Gasteiger partial charge in [0.05, 0.1) is 5.54 Å². The first kappa shape index (κ1) is 16.5. The van der Waals surface area contributed by atoms with Crippen LogP contribution in [-0.4, -0.2) is 13.1 Å². The molecule has 0 aliphatic heterocycles. The minimum Gasteiger partial charge on any atom is -0.309 e. The Kier molecular flexibility index (Phi) is 5.37. The Morgan fingerprint density at radius 3 is 2.52 bits per heavy atom. The van der Waals surface area contributed by atoms with Crippen LogP contribution in [0.3, 0.4) is 0 Å². The van der Waals surface area contributed by atoms with E-state index in [0.29, 0.717) is 6.04 Å². The summed E-state index contributed by atoms with van der Waals surface area (Å²) in [5, 5.41) is 8.25. The molecular formula is C20H25ClN2. The van der Waals surface area contributed by atoms with Gasteiger partial charge in [0.2, 0.25) is 0 Å². The van der Waals surface area contributed by atoms with E-state index in [4.69, 9.17) is 11.6 Å². The molecule has 0 bridgehead atoms. The standard InChI is InChI=1S/C20H25ClN2/c1-22-20(17-11-5-6-12-18(17)21)14-8-7-13-19(20)23-15-16-9-3-2-4-10-16/h2-6,9-12,19,22-23H,7-8,13-15H2,1H3. The Morgan fingerprint density at radius 2 is 1.78 bits per heavy atom. The second-order valence-electron chi connectivity index (χ2n) is 6.37. The van der Waals surface area contributed by atoms with Crippen molar-refractivity contribution in [2.75, 3.05) is 7.05 Å². The summed E-state index contributed by atoms with van der Waals surface area (Å²) in [6, 6.07) is 19.2. The monoisotopic (exact) mass is 328 g/mol. The molecular weight excluding hydrogens is 304 g/mol. The van der Waals surface area contributed by atoms with Crippen molar-refractivity contribution in [3.63, 3.8) is 0 Å². The molecule has 2 unspecified atom stereocenters. The van der Waals surface area contributed by atoms with Crippen LogP contribution in [0.25, 0.3) is 0 Å². The molecule has 2 nitrogen and oxygen atoms in total. The third-order valence-electron chi connectivity index (χ3n) is 5.10. The average Bonchev–Trinajstić information content (AvgIpc) is 2.61. The molecule has 1 saturated carbocycles. The molecule has 2 aromatic rings. The second-order valence-corrected chi connectivity index (χ2v) is 6.77. The van der Waals surface area contributed by atoms with Crippen LogP contribution in [-0.2, 0) is 12.1 Å². The molecule has 2 aromatic carbocycles. The highest BCUT2D eigenvalue weighted by molar-refractivity contribution is 6.31. The van der Waals surface area contributed by atoms with Crippen LogP contribution in [0, 0.1) is 0 Å². The van der Waals surface area contributed by atoms with Crippen LogP contribution in [0.1, 0.15) is 36.8 Å². The van der Waals surface area contributed by atoms with E-state index in [1.807, 2.05) is 12.1 Å². The van der Waals surface area contributed by atoms with Gasteiger partial charge < -0.3 is 10.6 Å². The van der Waals surface area contributed by atoms with Crippen LogP contribution in [0.2, 0.25) is 5.02 Å². The highest BCUT2D eigenvalue weighted by Crippen LogP contribution is 2.40. The molecule has 122 valence electrons. The van der Waals surface area contributed by atoms with Gasteiger partial charge in [0.1, 0.15) is 0 Å². The Morgan fingerprint density at radius 1 is 1.04 bits per heavy atom. The number of hydrogen-bond donors (Lipinski definition) is 2. The van der Waals surface area contributed by atoms with E-state index in [-0.39, 0.29) is 5.54 Å². The maximum atomic E-state index is 6.54. The van der Waals surface area contributed by atoms with E-state index in [1.54, 1.807) is 0 Å². The van der Waals surface area contributed by atoms with Crippen molar-refractivity contribution in [1.29, 1.82) is 0 Å². The number of halogens is 1. The maximum Gasteiger partial charge on any atom is 0.0602 e. The van der Waals surface area contributed by atoms with E-state index >= 15 is 0 Å². The zero-order valence-corrected chi connectivity index (χ0v) is 14.4. The van der Waals surface area contributed by atoms with Gasteiger partial charge in [0.25, 0.3) is 0 Å². The summed E-state index contributed by atoms with van der Waals surface area (Å²) in [7, 11) is 2.06. The summed E-state index contributed by atoms with van der Waals surface area (Å²) >= 11 is 6.54. The third-order valence-corrected chi connectivity index (χ3v) is 5.43. The summed E-state index contributed by atoms with van der Waals surface area (Å²) in [5.41, 5.74) is 2.45. The molecule has 0 amide bonds. The lowest BCUT2D eigenvalue weighted by Gasteiger charge is -2.45. The van der Waals surface area contributed by atoms with Crippen molar-refractivity contribution in [3.8, 4) is 0 Å². The van der Waals surface area contributed by atoms with Crippen LogP contribution >= 0.6 is 11.6 Å². The SMILES string of the molecule is CNC1(c2ccccc2Cl)CCCCC1NCc1ccccc1. The van der Waals surface area contributed by atoms with Gasteiger partial charge in [-0.3, -0.25) is 0 Å². The molecule has 1 aliphatic rings. The van der Waals surface area contributed by atoms with Gasteiger partial charge in [-0.1, -0.05) is 73.0 Å². The van der Waals surface area contributed by atoms with Crippen molar-refractivity contribution >= 4 is 11.6 Å². The summed E-state index contributed by atoms with van der Waals surface area (Å²) in [6.07, 6.45) is 4.77. The van der Waals surface area contributed by atoms with E-state index < -0.39 is 0 Å². The summed E-state index contributed by atoms with van der Waals surface area (Å²) < 4.78 is 0. The Bertz CT molecular complexity index is 629. The summed E-state index contributed by atoms with van der Waals surface area (Å²) in [4.78, 5) is 0. The smallest absolute Gasteiger partial charge is 0.0602 e. The third kappa shape index (κ3) is 3.45. The minimum absolute atomic E-state index is 0.0919. The quantitative estimate of drug-likeness (QED) is 0.845. The van der Waals surface area contributed by atoms with Crippen LogP contribution < -0.4 is 10.6 Å². The predicted octanol–water partition coefficient (Wildman–Crippen LogP) is 4.49. The fourth-order valence-electron chi connectivity index (χ4n) is 3.87. The van der Waals surface area contributed by atoms with Gasteiger partial charge in [-0.05, 0) is 37.1 Å². The average molecular weight is 329 g/mol. The molecule has 0 heterocycles. The lowest BCUT2D eigenvalue weighted by molar-refractivity contribution is 0.177. The van der Waals surface area contributed by atoms with Crippen molar-refractivity contribution in [3.05, 3.63) is 70.7 Å². The van der Waals surface area contributed by atoms with Crippen molar-refractivity contribution in [2.45, 2.75) is 43.8 Å². The number of benzene rings is 2. The first-order valence-electron chi connectivity index (χ1n) is 8.47. The molecule has 2 atom stereocenters. The van der Waals surface area contributed by atoms with Gasteiger partial charge in [-0.15, -0.1) is 0 Å². The van der Waals surface area contributed by atoms with E-state index in [9.17, 15) is 0 Å². The highest BCUT2D eigenvalue weighted by atomic mass is 35.5. The number of hydrogen-bond acceptors (Lipinski definition) is 2. The summed E-state index contributed by atoms with van der Waals surface area (Å²) in [5.74, 6) is 0. The van der Waals surface area contributed by atoms with Crippen LogP contribution in [0.4, 0.5) is 0 Å². The minimum atomic E-state index is -0.0919. The predicted molar refractivity (Wildman–Crippen MR) is 97.7 cm³/mol. The normalized spacial score (nSPS) is 24.5. The van der Waals surface area contributed by atoms with E-state index in [0.717, 1.165) is 18.0 Å². The Hall–Kier alpha value is -1.35. The molecule has 3 rings (SSSR count).